The Labute approximate surface area is 143 Å². The highest BCUT2D eigenvalue weighted by molar-refractivity contribution is 5.96. The monoisotopic (exact) mass is 338 g/mol. The number of hydrogen-bond acceptors (Lipinski definition) is 4. The third kappa shape index (κ3) is 5.18. The summed E-state index contributed by atoms with van der Waals surface area (Å²) in [7, 11) is 1.47. The maximum atomic E-state index is 13.4. The average Bonchev–Trinajstić information content (AvgIpc) is 2.58. The number of nitrogens with zero attached hydrogens (tertiary/aromatic N) is 1. The molecular weight excluding hydrogens is 311 g/mol. The Bertz CT molecular complexity index is 545. The van der Waals surface area contributed by atoms with Crippen LogP contribution in [0.3, 0.4) is 0 Å². The van der Waals surface area contributed by atoms with E-state index < -0.39 is 5.82 Å². The number of morpholine rings is 1. The molecule has 5 nitrogen and oxygen atoms in total. The fraction of sp³-hybridized carbons (Fsp3) is 0.611. The Morgan fingerprint density at radius 1 is 1.38 bits per heavy atom. The zero-order chi connectivity index (χ0) is 17.5. The van der Waals surface area contributed by atoms with Crippen molar-refractivity contribution in [2.24, 2.45) is 5.92 Å². The molecule has 0 saturated carbocycles. The number of ether oxygens (including phenoxy) is 2. The average molecular weight is 338 g/mol. The number of halogens is 1. The lowest BCUT2D eigenvalue weighted by Crippen LogP contribution is -2.49. The molecule has 2 rings (SSSR count). The standard InChI is InChI=1S/C18H27FN2O3/c1-13(2)10-15(21-6-8-24-9-7-21)12-20-18(22)16-11-14(19)4-5-17(16)23-3/h4-5,11,13,15H,6-10,12H2,1-3H3,(H,20,22). The first kappa shape index (κ1) is 18.7. The van der Waals surface area contributed by atoms with Crippen molar-refractivity contribution in [3.8, 4) is 5.75 Å². The van der Waals surface area contributed by atoms with Crippen LogP contribution in [0.2, 0.25) is 0 Å². The van der Waals surface area contributed by atoms with Crippen LogP contribution in [0.4, 0.5) is 4.39 Å². The van der Waals surface area contributed by atoms with Crippen molar-refractivity contribution in [3.05, 3.63) is 29.6 Å². The van der Waals surface area contributed by atoms with Crippen molar-refractivity contribution in [3.63, 3.8) is 0 Å². The molecule has 0 bridgehead atoms. The van der Waals surface area contributed by atoms with Crippen LogP contribution in [0.15, 0.2) is 18.2 Å². The summed E-state index contributed by atoms with van der Waals surface area (Å²) in [6.07, 6.45) is 0.987. The van der Waals surface area contributed by atoms with E-state index in [1.807, 2.05) is 0 Å². The van der Waals surface area contributed by atoms with E-state index in [0.717, 1.165) is 32.7 Å². The number of methoxy groups -OCH3 is 1. The molecule has 1 unspecified atom stereocenters. The number of amides is 1. The van der Waals surface area contributed by atoms with Gasteiger partial charge in [-0.1, -0.05) is 13.8 Å². The second-order valence-corrected chi connectivity index (χ2v) is 6.49. The first-order valence-electron chi connectivity index (χ1n) is 8.44. The molecule has 1 saturated heterocycles. The highest BCUT2D eigenvalue weighted by Crippen LogP contribution is 2.19. The van der Waals surface area contributed by atoms with Crippen LogP contribution in [0, 0.1) is 11.7 Å². The Kier molecular flexibility index (Phi) is 6.99. The molecule has 1 N–H and O–H groups in total. The molecule has 1 aliphatic heterocycles. The van der Waals surface area contributed by atoms with Gasteiger partial charge in [-0.15, -0.1) is 0 Å². The van der Waals surface area contributed by atoms with Gasteiger partial charge in [0, 0.05) is 25.7 Å². The molecule has 24 heavy (non-hydrogen) atoms. The van der Waals surface area contributed by atoms with Crippen molar-refractivity contribution in [1.29, 1.82) is 0 Å². The van der Waals surface area contributed by atoms with Crippen LogP contribution in [0.25, 0.3) is 0 Å². The number of carbonyl (C=O) groups excluding carboxylic acids is 1. The predicted molar refractivity (Wildman–Crippen MR) is 90.9 cm³/mol. The van der Waals surface area contributed by atoms with E-state index in [-0.39, 0.29) is 17.5 Å². The normalized spacial score (nSPS) is 16.9. The summed E-state index contributed by atoms with van der Waals surface area (Å²) in [4.78, 5) is 14.8. The molecule has 1 atom stereocenters. The van der Waals surface area contributed by atoms with E-state index in [1.165, 1.54) is 25.3 Å². The van der Waals surface area contributed by atoms with Crippen LogP contribution in [-0.2, 0) is 4.74 Å². The van der Waals surface area contributed by atoms with Crippen molar-refractivity contribution < 1.29 is 18.7 Å². The predicted octanol–water partition coefficient (Wildman–Crippen LogP) is 2.31. The van der Waals surface area contributed by atoms with Gasteiger partial charge >= 0.3 is 0 Å². The second kappa shape index (κ2) is 8.99. The largest absolute Gasteiger partial charge is 0.496 e. The molecule has 1 aromatic rings. The third-order valence-corrected chi connectivity index (χ3v) is 4.21. The molecule has 1 amide bonds. The zero-order valence-corrected chi connectivity index (χ0v) is 14.7. The van der Waals surface area contributed by atoms with E-state index in [1.54, 1.807) is 0 Å². The number of benzene rings is 1. The Morgan fingerprint density at radius 2 is 2.08 bits per heavy atom. The summed E-state index contributed by atoms with van der Waals surface area (Å²) in [5.41, 5.74) is 0.225. The van der Waals surface area contributed by atoms with Gasteiger partial charge in [0.1, 0.15) is 11.6 Å². The van der Waals surface area contributed by atoms with E-state index in [2.05, 4.69) is 24.1 Å². The number of hydrogen-bond donors (Lipinski definition) is 1. The summed E-state index contributed by atoms with van der Waals surface area (Å²) in [5.74, 6) is 0.139. The lowest BCUT2D eigenvalue weighted by Gasteiger charge is -2.35. The molecule has 0 aliphatic carbocycles. The van der Waals surface area contributed by atoms with Gasteiger partial charge in [-0.25, -0.2) is 4.39 Å². The quantitative estimate of drug-likeness (QED) is 0.829. The first-order valence-corrected chi connectivity index (χ1v) is 8.44. The van der Waals surface area contributed by atoms with Gasteiger partial charge < -0.3 is 14.8 Å². The van der Waals surface area contributed by atoms with Gasteiger partial charge in [-0.2, -0.15) is 0 Å². The van der Waals surface area contributed by atoms with Crippen LogP contribution >= 0.6 is 0 Å². The molecule has 1 aromatic carbocycles. The lowest BCUT2D eigenvalue weighted by molar-refractivity contribution is 0.0124. The minimum Gasteiger partial charge on any atom is -0.496 e. The number of carbonyl (C=O) groups is 1. The minimum absolute atomic E-state index is 0.225. The molecule has 0 aromatic heterocycles. The summed E-state index contributed by atoms with van der Waals surface area (Å²) in [6.45, 7) is 8.06. The molecule has 134 valence electrons. The third-order valence-electron chi connectivity index (χ3n) is 4.21. The van der Waals surface area contributed by atoms with Gasteiger partial charge in [0.2, 0.25) is 0 Å². The maximum absolute atomic E-state index is 13.4. The summed E-state index contributed by atoms with van der Waals surface area (Å²) in [6, 6.07) is 4.21. The smallest absolute Gasteiger partial charge is 0.255 e. The first-order chi connectivity index (χ1) is 11.5. The maximum Gasteiger partial charge on any atom is 0.255 e. The van der Waals surface area contributed by atoms with Crippen molar-refractivity contribution in [2.75, 3.05) is 40.0 Å². The van der Waals surface area contributed by atoms with Gasteiger partial charge in [0.25, 0.3) is 5.91 Å². The summed E-state index contributed by atoms with van der Waals surface area (Å²) in [5, 5.41) is 2.94. The number of rotatable bonds is 7. The van der Waals surface area contributed by atoms with Gasteiger partial charge in [-0.05, 0) is 30.5 Å². The molecular formula is C18H27FN2O3. The van der Waals surface area contributed by atoms with Gasteiger partial charge in [-0.3, -0.25) is 9.69 Å². The van der Waals surface area contributed by atoms with Crippen LogP contribution in [0.1, 0.15) is 30.6 Å². The molecule has 6 heteroatoms. The highest BCUT2D eigenvalue weighted by Gasteiger charge is 2.23. The van der Waals surface area contributed by atoms with E-state index in [0.29, 0.717) is 18.2 Å². The van der Waals surface area contributed by atoms with E-state index in [4.69, 9.17) is 9.47 Å². The Balaban J connectivity index is 2.02. The molecule has 1 heterocycles. The van der Waals surface area contributed by atoms with Crippen molar-refractivity contribution in [1.82, 2.24) is 10.2 Å². The molecule has 0 spiro atoms. The fourth-order valence-corrected chi connectivity index (χ4v) is 3.01. The molecule has 1 aliphatic rings. The number of nitrogens with one attached hydrogen (secondary N) is 1. The van der Waals surface area contributed by atoms with Crippen LogP contribution < -0.4 is 10.1 Å². The lowest BCUT2D eigenvalue weighted by atomic mass is 10.0. The van der Waals surface area contributed by atoms with Crippen LogP contribution in [-0.4, -0.2) is 56.8 Å². The Morgan fingerprint density at radius 3 is 2.71 bits per heavy atom. The summed E-state index contributed by atoms with van der Waals surface area (Å²) < 4.78 is 24.0. The van der Waals surface area contributed by atoms with Crippen molar-refractivity contribution in [2.45, 2.75) is 26.3 Å². The Hall–Kier alpha value is -1.66. The molecule has 0 radical (unpaired) electrons. The highest BCUT2D eigenvalue weighted by atomic mass is 19.1. The zero-order valence-electron chi connectivity index (χ0n) is 14.7. The van der Waals surface area contributed by atoms with E-state index >= 15 is 0 Å². The van der Waals surface area contributed by atoms with Crippen molar-refractivity contribution >= 4 is 5.91 Å². The van der Waals surface area contributed by atoms with Gasteiger partial charge in [0.15, 0.2) is 0 Å². The molecule has 1 fully saturated rings. The topological polar surface area (TPSA) is 50.8 Å². The minimum atomic E-state index is -0.451. The fourth-order valence-electron chi connectivity index (χ4n) is 3.01. The van der Waals surface area contributed by atoms with Crippen LogP contribution in [0.5, 0.6) is 5.75 Å². The van der Waals surface area contributed by atoms with Gasteiger partial charge in [0.05, 0.1) is 25.9 Å². The van der Waals surface area contributed by atoms with E-state index in [9.17, 15) is 9.18 Å². The second-order valence-electron chi connectivity index (χ2n) is 6.49. The SMILES string of the molecule is COc1ccc(F)cc1C(=O)NCC(CC(C)C)N1CCOCC1. The summed E-state index contributed by atoms with van der Waals surface area (Å²) >= 11 is 0.